The summed E-state index contributed by atoms with van der Waals surface area (Å²) in [5, 5.41) is 19.0. The van der Waals surface area contributed by atoms with Gasteiger partial charge in [0.2, 0.25) is 11.7 Å². The lowest BCUT2D eigenvalue weighted by Crippen LogP contribution is -2.55. The summed E-state index contributed by atoms with van der Waals surface area (Å²) in [7, 11) is -2.29. The maximum absolute atomic E-state index is 14.5. The van der Waals surface area contributed by atoms with E-state index in [2.05, 4.69) is 67.4 Å². The molecule has 2 aromatic carbocycles. The number of carbonyl (C=O) groups is 4. The van der Waals surface area contributed by atoms with Gasteiger partial charge in [0.1, 0.15) is 63.5 Å². The number of benzene rings is 2. The number of fused-ring (bicyclic) bond motifs is 1. The number of hydrogen-bond acceptors (Lipinski definition) is 18. The van der Waals surface area contributed by atoms with Gasteiger partial charge < -0.3 is 35.4 Å². The fourth-order valence-corrected chi connectivity index (χ4v) is 12.0. The number of aryl methyl sites for hydroxylation is 1. The molecule has 77 heavy (non-hydrogen) atoms. The first-order chi connectivity index (χ1) is 36.8. The summed E-state index contributed by atoms with van der Waals surface area (Å²) in [6, 6.07) is 7.18. The van der Waals surface area contributed by atoms with E-state index in [-0.39, 0.29) is 57.9 Å². The van der Waals surface area contributed by atoms with E-state index in [1.165, 1.54) is 48.1 Å². The summed E-state index contributed by atoms with van der Waals surface area (Å²) < 4.78 is 46.7. The summed E-state index contributed by atoms with van der Waals surface area (Å²) in [4.78, 5) is 85.3. The molecule has 7 heterocycles. The monoisotopic (exact) mass is 1090 g/mol. The standard InChI is InChI=1S/C53H63FN14O7S2/c1-31-32(2)63-64-47(31)62-48-37-25-43(77(73,74)53(4,5)6)42(26-38(37)58-30-59-48)75-24-23-65-19-21-66(22-20-65)44-28-56-39(27-57-44)51(71)67-17-14-34(15-18-67)45(61-49(70)33(3)55-7)52(72)68-16-8-9-41(68)50-60-40(29-76-50)46(69)35-10-12-36(54)13-11-35/h10-13,25-30,34,41,45,55H,3,8-9,14-24H2,1-2,4-7H3,(H,61,70)(H2,58,59,62,63,64)/t41-,45-/m0/s1. The Morgan fingerprint density at radius 1 is 0.922 bits per heavy atom. The lowest BCUT2D eigenvalue weighted by Gasteiger charge is -2.38. The quantitative estimate of drug-likeness (QED) is 0.0646. The fraction of sp³-hybridized carbons (Fsp3) is 0.434. The van der Waals surface area contributed by atoms with Crippen LogP contribution in [0.4, 0.5) is 21.8 Å². The number of nitrogens with zero attached hydrogens (tertiary/aromatic N) is 10. The van der Waals surface area contributed by atoms with Gasteiger partial charge in [0.05, 0.1) is 34.4 Å². The Kier molecular flexibility index (Phi) is 16.0. The van der Waals surface area contributed by atoms with Gasteiger partial charge in [0.25, 0.3) is 11.8 Å². The number of ketones is 1. The van der Waals surface area contributed by atoms with Crippen molar-refractivity contribution in [3.8, 4) is 5.75 Å². The van der Waals surface area contributed by atoms with Crippen LogP contribution >= 0.6 is 11.3 Å². The highest BCUT2D eigenvalue weighted by atomic mass is 32.2. The first-order valence-electron chi connectivity index (χ1n) is 25.6. The highest BCUT2D eigenvalue weighted by Gasteiger charge is 2.42. The van der Waals surface area contributed by atoms with Crippen LogP contribution in [0.2, 0.25) is 0 Å². The lowest BCUT2D eigenvalue weighted by molar-refractivity contribution is -0.138. The maximum atomic E-state index is 14.5. The van der Waals surface area contributed by atoms with Crippen molar-refractivity contribution in [2.24, 2.45) is 5.92 Å². The minimum absolute atomic E-state index is 0.0518. The zero-order valence-electron chi connectivity index (χ0n) is 43.9. The molecule has 3 aliphatic heterocycles. The maximum Gasteiger partial charge on any atom is 0.274 e. The van der Waals surface area contributed by atoms with Crippen LogP contribution in [0, 0.1) is 25.6 Å². The van der Waals surface area contributed by atoms with Gasteiger partial charge in [-0.2, -0.15) is 5.10 Å². The minimum Gasteiger partial charge on any atom is -0.491 e. The van der Waals surface area contributed by atoms with E-state index in [9.17, 15) is 32.0 Å². The van der Waals surface area contributed by atoms with E-state index in [0.29, 0.717) is 117 Å². The third kappa shape index (κ3) is 11.6. The molecular formula is C53H63FN14O7S2. The Morgan fingerprint density at radius 2 is 1.66 bits per heavy atom. The van der Waals surface area contributed by atoms with Crippen LogP contribution in [-0.4, -0.2) is 159 Å². The molecule has 3 amide bonds. The molecule has 406 valence electrons. The number of H-pyrrole nitrogens is 1. The van der Waals surface area contributed by atoms with Gasteiger partial charge in [-0.05, 0) is 96.6 Å². The van der Waals surface area contributed by atoms with E-state index in [0.717, 1.165) is 11.3 Å². The van der Waals surface area contributed by atoms with E-state index in [1.807, 2.05) is 13.8 Å². The molecule has 3 aliphatic rings. The van der Waals surface area contributed by atoms with Crippen molar-refractivity contribution >= 4 is 73.0 Å². The van der Waals surface area contributed by atoms with Crippen molar-refractivity contribution in [1.29, 1.82) is 0 Å². The van der Waals surface area contributed by atoms with Crippen LogP contribution < -0.4 is 25.6 Å². The highest BCUT2D eigenvalue weighted by Crippen LogP contribution is 2.39. The van der Waals surface area contributed by atoms with Crippen molar-refractivity contribution in [2.45, 2.75) is 82.0 Å². The second-order valence-corrected chi connectivity index (χ2v) is 24.0. The first kappa shape index (κ1) is 54.4. The van der Waals surface area contributed by atoms with Crippen molar-refractivity contribution in [1.82, 2.24) is 60.5 Å². The van der Waals surface area contributed by atoms with Crippen LogP contribution in [0.1, 0.15) is 95.3 Å². The van der Waals surface area contributed by atoms with Crippen molar-refractivity contribution in [3.63, 3.8) is 0 Å². The number of anilines is 3. The molecule has 3 saturated heterocycles. The molecule has 0 unspecified atom stereocenters. The van der Waals surface area contributed by atoms with Crippen LogP contribution in [0.15, 0.2) is 77.7 Å². The number of thiazole rings is 1. The van der Waals surface area contributed by atoms with Gasteiger partial charge in [0.15, 0.2) is 15.7 Å². The molecule has 0 bridgehead atoms. The number of aromatic amines is 1. The minimum atomic E-state index is -3.87. The zero-order valence-corrected chi connectivity index (χ0v) is 45.6. The predicted molar refractivity (Wildman–Crippen MR) is 288 cm³/mol. The van der Waals surface area contributed by atoms with Crippen LogP contribution in [-0.2, 0) is 19.4 Å². The zero-order chi connectivity index (χ0) is 54.8. The summed E-state index contributed by atoms with van der Waals surface area (Å²) in [5.41, 5.74) is 3.13. The largest absolute Gasteiger partial charge is 0.491 e. The molecule has 9 rings (SSSR count). The number of sulfone groups is 1. The summed E-state index contributed by atoms with van der Waals surface area (Å²) >= 11 is 1.28. The summed E-state index contributed by atoms with van der Waals surface area (Å²) in [6.45, 7) is 17.1. The normalized spacial score (nSPS) is 17.1. The predicted octanol–water partition coefficient (Wildman–Crippen LogP) is 5.54. The Balaban J connectivity index is 0.788. The Morgan fingerprint density at radius 3 is 2.32 bits per heavy atom. The van der Waals surface area contributed by atoms with Gasteiger partial charge in [-0.25, -0.2) is 37.7 Å². The molecule has 6 aromatic rings. The molecule has 4 N–H and O–H groups in total. The SMILES string of the molecule is C=C(NC)C(=O)N[C@H](C(=O)N1CCC[C@H]1c1nc(C(=O)c2ccc(F)cc2)cs1)C1CCN(C(=O)c2cnc(N3CCN(CCOc4cc5ncnc(Nc6n[nH]c(C)c6C)c5cc4S(=O)(=O)C(C)(C)C)CC3)cn2)CC1. The lowest BCUT2D eigenvalue weighted by atomic mass is 9.88. The number of piperidine rings is 1. The first-order valence-corrected chi connectivity index (χ1v) is 27.9. The molecule has 0 radical (unpaired) electrons. The number of rotatable bonds is 17. The van der Waals surface area contributed by atoms with Crippen molar-refractivity contribution < 1.29 is 36.7 Å². The number of carbonyl (C=O) groups excluding carboxylic acids is 4. The van der Waals surface area contributed by atoms with Gasteiger partial charge >= 0.3 is 0 Å². The molecule has 21 nitrogen and oxygen atoms in total. The second kappa shape index (κ2) is 22.6. The smallest absolute Gasteiger partial charge is 0.274 e. The molecule has 2 atom stereocenters. The van der Waals surface area contributed by atoms with Gasteiger partial charge in [-0.1, -0.05) is 6.58 Å². The Labute approximate surface area is 450 Å². The van der Waals surface area contributed by atoms with E-state index >= 15 is 0 Å². The van der Waals surface area contributed by atoms with Crippen LogP contribution in [0.5, 0.6) is 5.75 Å². The van der Waals surface area contributed by atoms with E-state index in [4.69, 9.17) is 4.74 Å². The molecule has 24 heteroatoms. The van der Waals surface area contributed by atoms with Crippen molar-refractivity contribution in [3.05, 3.63) is 112 Å². The summed E-state index contributed by atoms with van der Waals surface area (Å²) in [5.74, 6) is -0.320. The average Bonchev–Trinajstić information content (AvgIpc) is 4.24. The Hall–Kier alpha value is -7.44. The Bertz CT molecular complexity index is 3290. The van der Waals surface area contributed by atoms with Crippen LogP contribution in [0.3, 0.4) is 0 Å². The van der Waals surface area contributed by atoms with Crippen molar-refractivity contribution in [2.75, 3.05) is 76.2 Å². The molecule has 0 aliphatic carbocycles. The average molecular weight is 1090 g/mol. The van der Waals surface area contributed by atoms with Gasteiger partial charge in [-0.3, -0.25) is 29.2 Å². The van der Waals surface area contributed by atoms with E-state index < -0.39 is 38.4 Å². The second-order valence-electron chi connectivity index (χ2n) is 20.4. The van der Waals surface area contributed by atoms with Crippen LogP contribution in [0.25, 0.3) is 10.9 Å². The molecule has 0 spiro atoms. The van der Waals surface area contributed by atoms with Gasteiger partial charge in [0, 0.05) is 93.1 Å². The number of likely N-dealkylation sites (tertiary alicyclic amines) is 2. The van der Waals surface area contributed by atoms with Gasteiger partial charge in [-0.15, -0.1) is 11.3 Å². The number of hydrogen-bond donors (Lipinski definition) is 4. The fourth-order valence-electron chi connectivity index (χ4n) is 9.70. The summed E-state index contributed by atoms with van der Waals surface area (Å²) in [6.07, 6.45) is 6.69. The highest BCUT2D eigenvalue weighted by molar-refractivity contribution is 7.92. The third-order valence-electron chi connectivity index (χ3n) is 14.6. The molecule has 4 aromatic heterocycles. The molecule has 3 fully saturated rings. The topological polar surface area (TPSA) is 254 Å². The number of ether oxygens (including phenoxy) is 1. The third-order valence-corrected chi connectivity index (χ3v) is 18.1. The number of piperazine rings is 1. The van der Waals surface area contributed by atoms with E-state index in [1.54, 1.807) is 61.3 Å². The number of halogens is 1. The number of likely N-dealkylation sites (N-methyl/N-ethyl adjacent to an activating group) is 1. The number of aromatic nitrogens is 7. The molecular weight excluding hydrogens is 1030 g/mol. The number of amides is 3. The molecule has 0 saturated carbocycles. The number of nitrogens with one attached hydrogen (secondary N) is 4.